The molecule has 19 heavy (non-hydrogen) atoms. The highest BCUT2D eigenvalue weighted by atomic mass is 32.2. The van der Waals surface area contributed by atoms with Gasteiger partial charge in [-0.2, -0.15) is 4.31 Å². The van der Waals surface area contributed by atoms with Crippen LogP contribution in [0.5, 0.6) is 0 Å². The highest BCUT2D eigenvalue weighted by molar-refractivity contribution is 7.89. The molecule has 0 bridgehead atoms. The Labute approximate surface area is 114 Å². The molecule has 2 aliphatic rings. The molecule has 2 aliphatic heterocycles. The van der Waals surface area contributed by atoms with Crippen molar-refractivity contribution in [3.05, 3.63) is 30.3 Å². The topological polar surface area (TPSA) is 49.4 Å². The number of rotatable bonds is 2. The van der Waals surface area contributed by atoms with Gasteiger partial charge in [-0.05, 0) is 49.9 Å². The first kappa shape index (κ1) is 13.1. The maximum Gasteiger partial charge on any atom is 0.243 e. The SMILES string of the molecule is O=S(=O)(c1ccccc1)N1CCC2(CCNCC2)C1. The van der Waals surface area contributed by atoms with Gasteiger partial charge in [0.1, 0.15) is 0 Å². The van der Waals surface area contributed by atoms with Gasteiger partial charge in [0.2, 0.25) is 10.0 Å². The molecule has 2 saturated heterocycles. The van der Waals surface area contributed by atoms with Gasteiger partial charge in [-0.15, -0.1) is 0 Å². The number of nitrogens with zero attached hydrogens (tertiary/aromatic N) is 1. The molecule has 0 unspecified atom stereocenters. The lowest BCUT2D eigenvalue weighted by Gasteiger charge is -2.33. The van der Waals surface area contributed by atoms with Gasteiger partial charge in [-0.1, -0.05) is 18.2 Å². The van der Waals surface area contributed by atoms with Crippen LogP contribution in [0, 0.1) is 5.41 Å². The van der Waals surface area contributed by atoms with Crippen LogP contribution in [-0.2, 0) is 10.0 Å². The Bertz CT molecular complexity index is 536. The van der Waals surface area contributed by atoms with Crippen molar-refractivity contribution in [2.24, 2.45) is 5.41 Å². The average Bonchev–Trinajstić information content (AvgIpc) is 2.85. The first-order valence-electron chi connectivity index (χ1n) is 6.88. The fourth-order valence-electron chi connectivity index (χ4n) is 3.21. The Hall–Kier alpha value is -0.910. The molecule has 0 saturated carbocycles. The minimum Gasteiger partial charge on any atom is -0.317 e. The van der Waals surface area contributed by atoms with Crippen LogP contribution in [0.1, 0.15) is 19.3 Å². The van der Waals surface area contributed by atoms with E-state index in [-0.39, 0.29) is 5.41 Å². The van der Waals surface area contributed by atoms with E-state index in [1.54, 1.807) is 28.6 Å². The molecule has 1 aromatic carbocycles. The van der Waals surface area contributed by atoms with Crippen molar-refractivity contribution in [1.29, 1.82) is 0 Å². The molecule has 0 aliphatic carbocycles. The molecule has 3 rings (SSSR count). The third-order valence-corrected chi connectivity index (χ3v) is 6.31. The standard InChI is InChI=1S/C14H20N2O2S/c17-19(18,13-4-2-1-3-5-13)16-11-8-14(12-16)6-9-15-10-7-14/h1-5,15H,6-12H2. The number of hydrogen-bond donors (Lipinski definition) is 1. The maximum absolute atomic E-state index is 12.6. The van der Waals surface area contributed by atoms with E-state index in [9.17, 15) is 8.42 Å². The van der Waals surface area contributed by atoms with Gasteiger partial charge in [0.25, 0.3) is 0 Å². The number of nitrogens with one attached hydrogen (secondary N) is 1. The second-order valence-corrected chi connectivity index (χ2v) is 7.59. The zero-order chi connectivity index (χ0) is 13.3. The molecule has 4 nitrogen and oxygen atoms in total. The van der Waals surface area contributed by atoms with E-state index in [2.05, 4.69) is 5.32 Å². The van der Waals surface area contributed by atoms with Gasteiger partial charge in [-0.25, -0.2) is 8.42 Å². The van der Waals surface area contributed by atoms with Crippen LogP contribution in [0.4, 0.5) is 0 Å². The zero-order valence-corrected chi connectivity index (χ0v) is 11.8. The fraction of sp³-hybridized carbons (Fsp3) is 0.571. The molecule has 1 aromatic rings. The van der Waals surface area contributed by atoms with Gasteiger partial charge in [0.15, 0.2) is 0 Å². The molecule has 104 valence electrons. The van der Waals surface area contributed by atoms with Crippen LogP contribution in [0.2, 0.25) is 0 Å². The first-order valence-corrected chi connectivity index (χ1v) is 8.32. The Kier molecular flexibility index (Phi) is 3.37. The van der Waals surface area contributed by atoms with E-state index >= 15 is 0 Å². The molecule has 2 heterocycles. The van der Waals surface area contributed by atoms with Crippen molar-refractivity contribution in [3.63, 3.8) is 0 Å². The van der Waals surface area contributed by atoms with E-state index in [1.165, 1.54) is 0 Å². The molecule has 0 amide bonds. The van der Waals surface area contributed by atoms with Crippen LogP contribution in [0.15, 0.2) is 35.2 Å². The largest absolute Gasteiger partial charge is 0.317 e. The van der Waals surface area contributed by atoms with Crippen molar-refractivity contribution < 1.29 is 8.42 Å². The summed E-state index contributed by atoms with van der Waals surface area (Å²) in [7, 11) is -3.30. The van der Waals surface area contributed by atoms with E-state index in [0.29, 0.717) is 18.0 Å². The summed E-state index contributed by atoms with van der Waals surface area (Å²) < 4.78 is 26.8. The Morgan fingerprint density at radius 3 is 2.42 bits per heavy atom. The molecule has 0 atom stereocenters. The van der Waals surface area contributed by atoms with Crippen LogP contribution in [0.3, 0.4) is 0 Å². The Morgan fingerprint density at radius 2 is 1.74 bits per heavy atom. The maximum atomic E-state index is 12.6. The lowest BCUT2D eigenvalue weighted by Crippen LogP contribution is -2.39. The quantitative estimate of drug-likeness (QED) is 0.892. The lowest BCUT2D eigenvalue weighted by molar-refractivity contribution is 0.218. The molecule has 2 fully saturated rings. The first-order chi connectivity index (χ1) is 9.12. The van der Waals surface area contributed by atoms with Gasteiger partial charge < -0.3 is 5.32 Å². The molecule has 0 aromatic heterocycles. The Morgan fingerprint density at radius 1 is 1.05 bits per heavy atom. The van der Waals surface area contributed by atoms with E-state index in [1.807, 2.05) is 6.07 Å². The number of hydrogen-bond acceptors (Lipinski definition) is 3. The molecular formula is C14H20N2O2S. The normalized spacial score (nSPS) is 23.8. The van der Waals surface area contributed by atoms with Gasteiger partial charge in [0, 0.05) is 13.1 Å². The van der Waals surface area contributed by atoms with Crippen LogP contribution < -0.4 is 5.32 Å². The van der Waals surface area contributed by atoms with Crippen molar-refractivity contribution in [2.75, 3.05) is 26.2 Å². The summed E-state index contributed by atoms with van der Waals surface area (Å²) in [5.41, 5.74) is 0.215. The van der Waals surface area contributed by atoms with Gasteiger partial charge >= 0.3 is 0 Å². The van der Waals surface area contributed by atoms with Crippen molar-refractivity contribution in [2.45, 2.75) is 24.2 Å². The summed E-state index contributed by atoms with van der Waals surface area (Å²) in [6, 6.07) is 8.77. The van der Waals surface area contributed by atoms with E-state index in [0.717, 1.165) is 32.4 Å². The minimum atomic E-state index is -3.30. The number of sulfonamides is 1. The minimum absolute atomic E-state index is 0.215. The van der Waals surface area contributed by atoms with E-state index < -0.39 is 10.0 Å². The second kappa shape index (κ2) is 4.89. The molecule has 0 radical (unpaired) electrons. The fourth-order valence-corrected chi connectivity index (χ4v) is 4.78. The average molecular weight is 280 g/mol. The monoisotopic (exact) mass is 280 g/mol. The molecule has 1 N–H and O–H groups in total. The third kappa shape index (κ3) is 2.42. The van der Waals surface area contributed by atoms with Gasteiger partial charge in [-0.3, -0.25) is 0 Å². The summed E-state index contributed by atoms with van der Waals surface area (Å²) in [5, 5.41) is 3.35. The zero-order valence-electron chi connectivity index (χ0n) is 11.0. The molecule has 5 heteroatoms. The van der Waals surface area contributed by atoms with Crippen molar-refractivity contribution in [1.82, 2.24) is 9.62 Å². The van der Waals surface area contributed by atoms with Crippen LogP contribution >= 0.6 is 0 Å². The molecular weight excluding hydrogens is 260 g/mol. The number of benzene rings is 1. The summed E-state index contributed by atoms with van der Waals surface area (Å²) in [5.74, 6) is 0. The predicted octanol–water partition coefficient (Wildman–Crippen LogP) is 1.45. The molecule has 1 spiro atoms. The van der Waals surface area contributed by atoms with Crippen molar-refractivity contribution >= 4 is 10.0 Å². The summed E-state index contributed by atoms with van der Waals surface area (Å²) in [6.45, 7) is 3.38. The predicted molar refractivity (Wildman–Crippen MR) is 74.4 cm³/mol. The second-order valence-electron chi connectivity index (χ2n) is 5.65. The van der Waals surface area contributed by atoms with Crippen molar-refractivity contribution in [3.8, 4) is 0 Å². The van der Waals surface area contributed by atoms with Crippen LogP contribution in [0.25, 0.3) is 0 Å². The summed E-state index contributed by atoms with van der Waals surface area (Å²) in [6.07, 6.45) is 3.18. The number of piperidine rings is 1. The smallest absolute Gasteiger partial charge is 0.243 e. The third-order valence-electron chi connectivity index (χ3n) is 4.45. The summed E-state index contributed by atoms with van der Waals surface area (Å²) >= 11 is 0. The summed E-state index contributed by atoms with van der Waals surface area (Å²) in [4.78, 5) is 0.418. The highest BCUT2D eigenvalue weighted by Crippen LogP contribution is 2.40. The van der Waals surface area contributed by atoms with Gasteiger partial charge in [0.05, 0.1) is 4.90 Å². The van der Waals surface area contributed by atoms with Crippen LogP contribution in [-0.4, -0.2) is 38.9 Å². The van der Waals surface area contributed by atoms with E-state index in [4.69, 9.17) is 0 Å². The Balaban J connectivity index is 1.81. The lowest BCUT2D eigenvalue weighted by atomic mass is 9.78. The highest BCUT2D eigenvalue weighted by Gasteiger charge is 2.43.